The van der Waals surface area contributed by atoms with Crippen LogP contribution in [0.2, 0.25) is 5.02 Å². The fourth-order valence-electron chi connectivity index (χ4n) is 3.08. The summed E-state index contributed by atoms with van der Waals surface area (Å²) in [6, 6.07) is 5.64. The molecule has 136 valence electrons. The predicted octanol–water partition coefficient (Wildman–Crippen LogP) is 5.69. The van der Waals surface area contributed by atoms with Crippen LogP contribution in [-0.2, 0) is 9.47 Å². The molecule has 0 radical (unpaired) electrons. The minimum atomic E-state index is -0.411. The van der Waals surface area contributed by atoms with Gasteiger partial charge >= 0.3 is 5.97 Å². The van der Waals surface area contributed by atoms with Crippen molar-refractivity contribution in [2.24, 2.45) is 0 Å². The molecule has 1 fully saturated rings. The van der Waals surface area contributed by atoms with Crippen LogP contribution in [0.5, 0.6) is 0 Å². The highest BCUT2D eigenvalue weighted by molar-refractivity contribution is 6.33. The molecule has 3 nitrogen and oxygen atoms in total. The highest BCUT2D eigenvalue weighted by Gasteiger charge is 2.25. The zero-order chi connectivity index (χ0) is 18.4. The second-order valence-corrected chi connectivity index (χ2v) is 7.43. The second kappa shape index (κ2) is 9.21. The van der Waals surface area contributed by atoms with Crippen LogP contribution in [0.25, 0.3) is 0 Å². The van der Waals surface area contributed by atoms with Gasteiger partial charge < -0.3 is 9.47 Å². The lowest BCUT2D eigenvalue weighted by Gasteiger charge is -2.29. The standard InChI is InChI=1S/C21H27ClO3/c1-14(2)12-24-18-7-5-6-16(10-18)17-8-9-19(20(22)11-17)21(23)25-13-15(3)4/h8-9,11,16,18H,1,3,5-7,10,12-13H2,2,4H3. The van der Waals surface area contributed by atoms with E-state index in [1.165, 1.54) is 0 Å². The Kier molecular flexibility index (Phi) is 7.27. The molecule has 0 amide bonds. The van der Waals surface area contributed by atoms with E-state index in [0.717, 1.165) is 42.4 Å². The van der Waals surface area contributed by atoms with Crippen molar-refractivity contribution in [3.05, 3.63) is 58.7 Å². The van der Waals surface area contributed by atoms with Gasteiger partial charge in [-0.25, -0.2) is 4.79 Å². The fraction of sp³-hybridized carbons (Fsp3) is 0.476. The molecule has 0 aliphatic heterocycles. The van der Waals surface area contributed by atoms with Crippen LogP contribution in [0, 0.1) is 0 Å². The topological polar surface area (TPSA) is 35.5 Å². The molecule has 0 N–H and O–H groups in total. The maximum Gasteiger partial charge on any atom is 0.339 e. The molecule has 0 saturated heterocycles. The smallest absolute Gasteiger partial charge is 0.339 e. The molecular formula is C21H27ClO3. The molecule has 1 aliphatic rings. The van der Waals surface area contributed by atoms with Gasteiger partial charge in [0.1, 0.15) is 6.61 Å². The van der Waals surface area contributed by atoms with Crippen molar-refractivity contribution in [3.63, 3.8) is 0 Å². The summed E-state index contributed by atoms with van der Waals surface area (Å²) in [4.78, 5) is 12.1. The highest BCUT2D eigenvalue weighted by Crippen LogP contribution is 2.36. The summed E-state index contributed by atoms with van der Waals surface area (Å²) in [5.41, 5.74) is 3.40. The maximum atomic E-state index is 12.1. The number of rotatable bonds is 7. The van der Waals surface area contributed by atoms with Gasteiger partial charge in [-0.1, -0.05) is 42.8 Å². The summed E-state index contributed by atoms with van der Waals surface area (Å²) in [6.07, 6.45) is 4.56. The average Bonchev–Trinajstić information content (AvgIpc) is 2.58. The lowest BCUT2D eigenvalue weighted by Crippen LogP contribution is -2.22. The predicted molar refractivity (Wildman–Crippen MR) is 102 cm³/mol. The summed E-state index contributed by atoms with van der Waals surface area (Å²) >= 11 is 6.33. The summed E-state index contributed by atoms with van der Waals surface area (Å²) in [6.45, 7) is 12.2. The summed E-state index contributed by atoms with van der Waals surface area (Å²) in [5.74, 6) is -0.00674. The first-order valence-corrected chi connectivity index (χ1v) is 9.11. The van der Waals surface area contributed by atoms with Crippen LogP contribution in [0.1, 0.15) is 61.4 Å². The zero-order valence-electron chi connectivity index (χ0n) is 15.1. The molecule has 1 aromatic carbocycles. The molecule has 2 atom stereocenters. The van der Waals surface area contributed by atoms with E-state index in [1.54, 1.807) is 6.07 Å². The van der Waals surface area contributed by atoms with Crippen LogP contribution in [0.3, 0.4) is 0 Å². The first kappa shape index (κ1) is 19.7. The van der Waals surface area contributed by atoms with Gasteiger partial charge in [-0.15, -0.1) is 0 Å². The van der Waals surface area contributed by atoms with E-state index in [9.17, 15) is 4.79 Å². The van der Waals surface area contributed by atoms with Crippen molar-refractivity contribution >= 4 is 17.6 Å². The number of hydrogen-bond acceptors (Lipinski definition) is 3. The lowest BCUT2D eigenvalue weighted by atomic mass is 9.82. The Bertz CT molecular complexity index is 651. The molecule has 0 bridgehead atoms. The van der Waals surface area contributed by atoms with Crippen LogP contribution in [0.15, 0.2) is 42.5 Å². The SMILES string of the molecule is C=C(C)COC(=O)c1ccc(C2CCCC(OCC(=C)C)C2)cc1Cl. The zero-order valence-corrected chi connectivity index (χ0v) is 15.9. The Morgan fingerprint density at radius 3 is 2.56 bits per heavy atom. The number of esters is 1. The number of ether oxygens (including phenoxy) is 2. The van der Waals surface area contributed by atoms with E-state index in [-0.39, 0.29) is 12.7 Å². The van der Waals surface area contributed by atoms with Gasteiger partial charge in [-0.05, 0) is 62.3 Å². The highest BCUT2D eigenvalue weighted by atomic mass is 35.5. The molecule has 1 saturated carbocycles. The van der Waals surface area contributed by atoms with E-state index in [1.807, 2.05) is 26.0 Å². The quantitative estimate of drug-likeness (QED) is 0.461. The van der Waals surface area contributed by atoms with Crippen molar-refractivity contribution < 1.29 is 14.3 Å². The van der Waals surface area contributed by atoms with Crippen LogP contribution < -0.4 is 0 Å². The normalized spacial score (nSPS) is 20.1. The summed E-state index contributed by atoms with van der Waals surface area (Å²) < 4.78 is 11.1. The van der Waals surface area contributed by atoms with Gasteiger partial charge in [-0.2, -0.15) is 0 Å². The van der Waals surface area contributed by atoms with Crippen LogP contribution in [0.4, 0.5) is 0 Å². The van der Waals surface area contributed by atoms with Crippen LogP contribution in [-0.4, -0.2) is 25.3 Å². The minimum absolute atomic E-state index is 0.210. The summed E-state index contributed by atoms with van der Waals surface area (Å²) in [7, 11) is 0. The average molecular weight is 363 g/mol. The molecule has 1 aliphatic carbocycles. The van der Waals surface area contributed by atoms with Crippen molar-refractivity contribution in [2.75, 3.05) is 13.2 Å². The third-order valence-electron chi connectivity index (χ3n) is 4.33. The van der Waals surface area contributed by atoms with Crippen molar-refractivity contribution in [3.8, 4) is 0 Å². The Hall–Kier alpha value is -1.58. The van der Waals surface area contributed by atoms with Crippen molar-refractivity contribution in [1.29, 1.82) is 0 Å². The molecule has 2 unspecified atom stereocenters. The third-order valence-corrected chi connectivity index (χ3v) is 4.64. The first-order chi connectivity index (χ1) is 11.9. The fourth-order valence-corrected chi connectivity index (χ4v) is 3.34. The molecule has 4 heteroatoms. The largest absolute Gasteiger partial charge is 0.458 e. The maximum absolute atomic E-state index is 12.1. The third kappa shape index (κ3) is 6.02. The van der Waals surface area contributed by atoms with Gasteiger partial charge in [0.15, 0.2) is 0 Å². The molecule has 25 heavy (non-hydrogen) atoms. The van der Waals surface area contributed by atoms with E-state index in [2.05, 4.69) is 13.2 Å². The minimum Gasteiger partial charge on any atom is -0.458 e. The molecule has 0 heterocycles. The van der Waals surface area contributed by atoms with Gasteiger partial charge in [0, 0.05) is 0 Å². The molecule has 0 spiro atoms. The number of hydrogen-bond donors (Lipinski definition) is 0. The van der Waals surface area contributed by atoms with Gasteiger partial charge in [0.2, 0.25) is 0 Å². The monoisotopic (exact) mass is 362 g/mol. The van der Waals surface area contributed by atoms with Gasteiger partial charge in [-0.3, -0.25) is 0 Å². The molecule has 2 rings (SSSR count). The Labute approximate surface area is 155 Å². The van der Waals surface area contributed by atoms with Crippen LogP contribution >= 0.6 is 11.6 Å². The van der Waals surface area contributed by atoms with E-state index in [4.69, 9.17) is 21.1 Å². The lowest BCUT2D eigenvalue weighted by molar-refractivity contribution is 0.0365. The Morgan fingerprint density at radius 1 is 1.20 bits per heavy atom. The van der Waals surface area contributed by atoms with Crippen molar-refractivity contribution in [2.45, 2.75) is 51.6 Å². The first-order valence-electron chi connectivity index (χ1n) is 8.73. The Balaban J connectivity index is 2.02. The Morgan fingerprint density at radius 2 is 1.92 bits per heavy atom. The molecule has 1 aromatic rings. The van der Waals surface area contributed by atoms with E-state index >= 15 is 0 Å². The number of halogens is 1. The number of benzene rings is 1. The molecular weight excluding hydrogens is 336 g/mol. The van der Waals surface area contributed by atoms with E-state index < -0.39 is 5.97 Å². The summed E-state index contributed by atoms with van der Waals surface area (Å²) in [5, 5.41) is 0.439. The van der Waals surface area contributed by atoms with Gasteiger partial charge in [0.05, 0.1) is 23.3 Å². The van der Waals surface area contributed by atoms with E-state index in [0.29, 0.717) is 23.1 Å². The van der Waals surface area contributed by atoms with Crippen molar-refractivity contribution in [1.82, 2.24) is 0 Å². The molecule has 0 aromatic heterocycles. The van der Waals surface area contributed by atoms with Gasteiger partial charge in [0.25, 0.3) is 0 Å². The number of carbonyl (C=O) groups excluding carboxylic acids is 1. The number of carbonyl (C=O) groups is 1. The second-order valence-electron chi connectivity index (χ2n) is 7.03.